The summed E-state index contributed by atoms with van der Waals surface area (Å²) in [6.45, 7) is -0.906. The number of aliphatic hydroxyl groups is 4. The molecule has 11 heteroatoms. The van der Waals surface area contributed by atoms with Crippen LogP contribution in [-0.4, -0.2) is 87.1 Å². The number of carboxylic acid groups (broad SMARTS) is 1. The molecular weight excluding hydrogens is 412 g/mol. The molecule has 11 nitrogen and oxygen atoms in total. The summed E-state index contributed by atoms with van der Waals surface area (Å²) in [5.41, 5.74) is 0. The van der Waals surface area contributed by atoms with E-state index in [1.54, 1.807) is 0 Å². The fourth-order valence-electron chi connectivity index (χ4n) is 3.41. The topological polar surface area (TPSA) is 186 Å². The van der Waals surface area contributed by atoms with E-state index in [1.165, 1.54) is 0 Å². The van der Waals surface area contributed by atoms with Gasteiger partial charge in [0.1, 0.15) is 30.9 Å². The summed E-state index contributed by atoms with van der Waals surface area (Å²) in [5, 5.41) is 52.0. The van der Waals surface area contributed by atoms with Gasteiger partial charge in [0, 0.05) is 12.8 Å². The predicted molar refractivity (Wildman–Crippen MR) is 109 cm³/mol. The molecule has 31 heavy (non-hydrogen) atoms. The molecule has 1 heterocycles. The molecule has 5 atom stereocenters. The van der Waals surface area contributed by atoms with Gasteiger partial charge in [-0.05, 0) is 12.8 Å². The summed E-state index contributed by atoms with van der Waals surface area (Å²) in [5.74, 6) is -1.66. The summed E-state index contributed by atoms with van der Waals surface area (Å²) >= 11 is 0. The van der Waals surface area contributed by atoms with Crippen molar-refractivity contribution in [1.82, 2.24) is 10.6 Å². The molecule has 0 spiro atoms. The molecular formula is C20H36N2O9. The van der Waals surface area contributed by atoms with Gasteiger partial charge in [0.15, 0.2) is 6.29 Å². The first-order chi connectivity index (χ1) is 14.8. The van der Waals surface area contributed by atoms with E-state index in [0.29, 0.717) is 12.8 Å². The Morgan fingerprint density at radius 1 is 0.774 bits per heavy atom. The van der Waals surface area contributed by atoms with Crippen molar-refractivity contribution in [3.05, 3.63) is 0 Å². The van der Waals surface area contributed by atoms with E-state index in [1.807, 2.05) is 0 Å². The van der Waals surface area contributed by atoms with Crippen molar-refractivity contribution in [1.29, 1.82) is 0 Å². The van der Waals surface area contributed by atoms with Crippen LogP contribution in [-0.2, 0) is 19.1 Å². The Morgan fingerprint density at radius 2 is 1.29 bits per heavy atom. The van der Waals surface area contributed by atoms with Crippen LogP contribution in [0, 0.1) is 0 Å². The third-order valence-electron chi connectivity index (χ3n) is 5.22. The number of unbranched alkanes of at least 4 members (excludes halogenated alkanes) is 7. The Hall–Kier alpha value is -1.79. The van der Waals surface area contributed by atoms with Crippen LogP contribution in [0.4, 0.5) is 0 Å². The largest absolute Gasteiger partial charge is 0.480 e. The normalized spacial score (nSPS) is 25.7. The van der Waals surface area contributed by atoms with Gasteiger partial charge in [-0.25, -0.2) is 0 Å². The van der Waals surface area contributed by atoms with Crippen LogP contribution in [0.15, 0.2) is 0 Å². The monoisotopic (exact) mass is 448 g/mol. The van der Waals surface area contributed by atoms with Gasteiger partial charge < -0.3 is 40.9 Å². The highest BCUT2D eigenvalue weighted by Gasteiger charge is 2.44. The number of hydrogen-bond donors (Lipinski definition) is 7. The highest BCUT2D eigenvalue weighted by Crippen LogP contribution is 2.20. The van der Waals surface area contributed by atoms with Crippen LogP contribution in [0.25, 0.3) is 0 Å². The maximum absolute atomic E-state index is 12.0. The third kappa shape index (κ3) is 10.9. The molecule has 1 fully saturated rings. The Labute approximate surface area is 181 Å². The van der Waals surface area contributed by atoms with Gasteiger partial charge in [-0.15, -0.1) is 0 Å². The van der Waals surface area contributed by atoms with Crippen LogP contribution < -0.4 is 10.6 Å². The molecule has 0 aromatic heterocycles. The number of carbonyl (C=O) groups is 3. The minimum absolute atomic E-state index is 0.223. The first-order valence-electron chi connectivity index (χ1n) is 10.8. The lowest BCUT2D eigenvalue weighted by atomic mass is 9.97. The van der Waals surface area contributed by atoms with Crippen molar-refractivity contribution in [3.8, 4) is 0 Å². The Balaban J connectivity index is 2.02. The van der Waals surface area contributed by atoms with Gasteiger partial charge in [-0.1, -0.05) is 38.5 Å². The zero-order chi connectivity index (χ0) is 23.2. The number of carboxylic acids is 1. The molecule has 0 saturated carbocycles. The van der Waals surface area contributed by atoms with E-state index >= 15 is 0 Å². The summed E-state index contributed by atoms with van der Waals surface area (Å²) in [6.07, 6.45) is 2.20. The van der Waals surface area contributed by atoms with Crippen LogP contribution in [0.2, 0.25) is 0 Å². The molecule has 0 aromatic rings. The van der Waals surface area contributed by atoms with E-state index in [4.69, 9.17) is 14.9 Å². The van der Waals surface area contributed by atoms with E-state index in [0.717, 1.165) is 44.9 Å². The van der Waals surface area contributed by atoms with Crippen molar-refractivity contribution >= 4 is 17.8 Å². The van der Waals surface area contributed by atoms with Crippen molar-refractivity contribution in [2.45, 2.75) is 94.9 Å². The molecule has 0 bridgehead atoms. The molecule has 0 radical (unpaired) electrons. The van der Waals surface area contributed by atoms with Crippen LogP contribution >= 0.6 is 0 Å². The first kappa shape index (κ1) is 27.2. The molecule has 0 aromatic carbocycles. The van der Waals surface area contributed by atoms with E-state index in [9.17, 15) is 29.7 Å². The van der Waals surface area contributed by atoms with Crippen molar-refractivity contribution in [3.63, 3.8) is 0 Å². The first-order valence-corrected chi connectivity index (χ1v) is 10.8. The second kappa shape index (κ2) is 15.1. The smallest absolute Gasteiger partial charge is 0.322 e. The number of carbonyl (C=O) groups excluding carboxylic acids is 2. The molecule has 180 valence electrons. The lowest BCUT2D eigenvalue weighted by molar-refractivity contribution is -0.253. The minimum Gasteiger partial charge on any atom is -0.480 e. The molecule has 1 aliphatic rings. The van der Waals surface area contributed by atoms with Gasteiger partial charge in [0.05, 0.1) is 6.61 Å². The van der Waals surface area contributed by atoms with Crippen LogP contribution in [0.1, 0.15) is 64.2 Å². The van der Waals surface area contributed by atoms with E-state index < -0.39 is 43.2 Å². The predicted octanol–water partition coefficient (Wildman–Crippen LogP) is -0.996. The summed E-state index contributed by atoms with van der Waals surface area (Å²) in [4.78, 5) is 33.7. The van der Waals surface area contributed by atoms with Gasteiger partial charge in [-0.2, -0.15) is 0 Å². The quantitative estimate of drug-likeness (QED) is 0.154. The number of rotatable bonds is 15. The number of nitrogens with one attached hydrogen (secondary N) is 2. The molecule has 1 rings (SSSR count). The standard InChI is InChI=1S/C20H36N2O9/c23-12-13-18(28)19(29)17(20(30)31-13)22-15(25)10-8-6-4-2-1-3-5-7-9-14(24)21-11-16(26)27/h13,17-20,23,28-30H,1-12H2,(H,21,24)(H,22,25)(H,26,27)/t13-,17-,18-,19-,20?/m1/s1. The highest BCUT2D eigenvalue weighted by molar-refractivity contribution is 5.81. The lowest BCUT2D eigenvalue weighted by Crippen LogP contribution is -2.64. The Bertz CT molecular complexity index is 561. The molecule has 0 aliphatic carbocycles. The van der Waals surface area contributed by atoms with E-state index in [2.05, 4.69) is 10.6 Å². The fraction of sp³-hybridized carbons (Fsp3) is 0.850. The fourth-order valence-corrected chi connectivity index (χ4v) is 3.41. The highest BCUT2D eigenvalue weighted by atomic mass is 16.6. The number of amides is 2. The second-order valence-corrected chi connectivity index (χ2v) is 7.82. The molecule has 2 amide bonds. The van der Waals surface area contributed by atoms with Crippen LogP contribution in [0.5, 0.6) is 0 Å². The maximum Gasteiger partial charge on any atom is 0.322 e. The van der Waals surface area contributed by atoms with Crippen molar-refractivity contribution in [2.24, 2.45) is 0 Å². The third-order valence-corrected chi connectivity index (χ3v) is 5.22. The molecule has 1 aliphatic heterocycles. The molecule has 1 saturated heterocycles. The molecule has 7 N–H and O–H groups in total. The average molecular weight is 449 g/mol. The summed E-state index contributed by atoms with van der Waals surface area (Å²) in [6, 6.07) is -1.16. The SMILES string of the molecule is O=C(O)CNC(=O)CCCCCCCCCCC(=O)N[C@H]1C(O)O[C@H](CO)[C@@H](O)[C@@H]1O. The van der Waals surface area contributed by atoms with Gasteiger partial charge in [0.25, 0.3) is 0 Å². The maximum atomic E-state index is 12.0. The van der Waals surface area contributed by atoms with Gasteiger partial charge in [0.2, 0.25) is 11.8 Å². The van der Waals surface area contributed by atoms with Crippen molar-refractivity contribution in [2.75, 3.05) is 13.2 Å². The molecule has 1 unspecified atom stereocenters. The number of aliphatic carboxylic acids is 1. The minimum atomic E-state index is -1.51. The zero-order valence-electron chi connectivity index (χ0n) is 17.7. The lowest BCUT2D eigenvalue weighted by Gasteiger charge is -2.40. The Kier molecular flexibility index (Phi) is 13.3. The summed E-state index contributed by atoms with van der Waals surface area (Å²) in [7, 11) is 0. The van der Waals surface area contributed by atoms with E-state index in [-0.39, 0.29) is 24.8 Å². The average Bonchev–Trinajstić information content (AvgIpc) is 2.73. The number of hydrogen-bond acceptors (Lipinski definition) is 8. The Morgan fingerprint density at radius 3 is 1.81 bits per heavy atom. The van der Waals surface area contributed by atoms with Crippen molar-refractivity contribution < 1.29 is 44.7 Å². The second-order valence-electron chi connectivity index (χ2n) is 7.82. The zero-order valence-corrected chi connectivity index (χ0v) is 17.7. The van der Waals surface area contributed by atoms with Crippen LogP contribution in [0.3, 0.4) is 0 Å². The van der Waals surface area contributed by atoms with Gasteiger partial charge in [-0.3, -0.25) is 14.4 Å². The van der Waals surface area contributed by atoms with Gasteiger partial charge >= 0.3 is 5.97 Å². The number of aliphatic hydroxyl groups excluding tert-OH is 4. The number of ether oxygens (including phenoxy) is 1. The summed E-state index contributed by atoms with van der Waals surface area (Å²) < 4.78 is 5.00.